The number of hydrogen-bond donors (Lipinski definition) is 2. The molecule has 0 bridgehead atoms. The SMILES string of the molecule is Cc1cc(CC(NN)c2ncccc2C)n(C)n1. The molecule has 0 saturated heterocycles. The number of nitrogens with one attached hydrogen (secondary N) is 1. The smallest absolute Gasteiger partial charge is 0.0690 e. The van der Waals surface area contributed by atoms with Crippen LogP contribution in [-0.4, -0.2) is 14.8 Å². The normalized spacial score (nSPS) is 12.7. The molecule has 0 fully saturated rings. The van der Waals surface area contributed by atoms with E-state index in [9.17, 15) is 0 Å². The van der Waals surface area contributed by atoms with Crippen LogP contribution in [0.4, 0.5) is 0 Å². The monoisotopic (exact) mass is 245 g/mol. The van der Waals surface area contributed by atoms with Crippen molar-refractivity contribution >= 4 is 0 Å². The molecule has 0 radical (unpaired) electrons. The molecule has 0 aromatic carbocycles. The van der Waals surface area contributed by atoms with E-state index >= 15 is 0 Å². The number of hydrazine groups is 1. The summed E-state index contributed by atoms with van der Waals surface area (Å²) in [6, 6.07) is 6.05. The van der Waals surface area contributed by atoms with Crippen molar-refractivity contribution in [1.82, 2.24) is 20.2 Å². The molecular weight excluding hydrogens is 226 g/mol. The van der Waals surface area contributed by atoms with Gasteiger partial charge < -0.3 is 0 Å². The maximum Gasteiger partial charge on any atom is 0.0690 e. The molecule has 0 aliphatic heterocycles. The van der Waals surface area contributed by atoms with Gasteiger partial charge in [-0.2, -0.15) is 5.10 Å². The summed E-state index contributed by atoms with van der Waals surface area (Å²) in [5, 5.41) is 4.34. The number of rotatable bonds is 4. The van der Waals surface area contributed by atoms with Crippen molar-refractivity contribution in [3.63, 3.8) is 0 Å². The van der Waals surface area contributed by atoms with E-state index in [0.717, 1.165) is 29.1 Å². The Balaban J connectivity index is 2.25. The number of nitrogens with zero attached hydrogens (tertiary/aromatic N) is 3. The summed E-state index contributed by atoms with van der Waals surface area (Å²) in [6.45, 7) is 4.03. The Hall–Kier alpha value is -1.72. The van der Waals surface area contributed by atoms with E-state index in [1.807, 2.05) is 37.7 Å². The summed E-state index contributed by atoms with van der Waals surface area (Å²) in [6.07, 6.45) is 2.56. The highest BCUT2D eigenvalue weighted by atomic mass is 15.3. The van der Waals surface area contributed by atoms with Crippen molar-refractivity contribution in [3.05, 3.63) is 47.0 Å². The molecule has 2 aromatic rings. The lowest BCUT2D eigenvalue weighted by atomic mass is 10.0. The highest BCUT2D eigenvalue weighted by Crippen LogP contribution is 2.18. The molecule has 5 heteroatoms. The Bertz CT molecular complexity index is 532. The minimum Gasteiger partial charge on any atom is -0.272 e. The topological polar surface area (TPSA) is 68.8 Å². The van der Waals surface area contributed by atoms with Crippen molar-refractivity contribution in [2.24, 2.45) is 12.9 Å². The molecule has 1 unspecified atom stereocenters. The quantitative estimate of drug-likeness (QED) is 0.627. The minimum absolute atomic E-state index is 0.000926. The van der Waals surface area contributed by atoms with Crippen LogP contribution < -0.4 is 11.3 Å². The molecule has 5 nitrogen and oxygen atoms in total. The molecular formula is C13H19N5. The highest BCUT2D eigenvalue weighted by molar-refractivity contribution is 5.23. The fourth-order valence-electron chi connectivity index (χ4n) is 2.16. The first-order chi connectivity index (χ1) is 8.61. The third-order valence-corrected chi connectivity index (χ3v) is 3.09. The van der Waals surface area contributed by atoms with Gasteiger partial charge in [0.2, 0.25) is 0 Å². The maximum atomic E-state index is 5.66. The van der Waals surface area contributed by atoms with Gasteiger partial charge in [0, 0.05) is 25.4 Å². The van der Waals surface area contributed by atoms with Gasteiger partial charge in [0.25, 0.3) is 0 Å². The van der Waals surface area contributed by atoms with Crippen molar-refractivity contribution in [3.8, 4) is 0 Å². The third kappa shape index (κ3) is 2.57. The molecule has 3 N–H and O–H groups in total. The first kappa shape index (κ1) is 12.7. The zero-order valence-electron chi connectivity index (χ0n) is 11.0. The van der Waals surface area contributed by atoms with Crippen LogP contribution in [0, 0.1) is 13.8 Å². The predicted molar refractivity (Wildman–Crippen MR) is 70.7 cm³/mol. The van der Waals surface area contributed by atoms with Gasteiger partial charge in [-0.3, -0.25) is 20.9 Å². The zero-order chi connectivity index (χ0) is 13.1. The van der Waals surface area contributed by atoms with Crippen LogP contribution in [-0.2, 0) is 13.5 Å². The van der Waals surface area contributed by atoms with Gasteiger partial charge in [-0.05, 0) is 31.5 Å². The highest BCUT2D eigenvalue weighted by Gasteiger charge is 2.16. The van der Waals surface area contributed by atoms with E-state index in [2.05, 4.69) is 21.6 Å². The Morgan fingerprint density at radius 2 is 2.22 bits per heavy atom. The first-order valence-electron chi connectivity index (χ1n) is 5.99. The van der Waals surface area contributed by atoms with E-state index in [0.29, 0.717) is 0 Å². The molecule has 2 heterocycles. The van der Waals surface area contributed by atoms with Crippen LogP contribution >= 0.6 is 0 Å². The Morgan fingerprint density at radius 1 is 1.44 bits per heavy atom. The van der Waals surface area contributed by atoms with Crippen molar-refractivity contribution in [2.45, 2.75) is 26.3 Å². The lowest BCUT2D eigenvalue weighted by Gasteiger charge is -2.17. The third-order valence-electron chi connectivity index (χ3n) is 3.09. The summed E-state index contributed by atoms with van der Waals surface area (Å²) in [4.78, 5) is 4.41. The van der Waals surface area contributed by atoms with E-state index in [4.69, 9.17) is 5.84 Å². The van der Waals surface area contributed by atoms with Crippen LogP contribution in [0.5, 0.6) is 0 Å². The average molecular weight is 245 g/mol. The van der Waals surface area contributed by atoms with Gasteiger partial charge in [-0.1, -0.05) is 6.07 Å². The zero-order valence-corrected chi connectivity index (χ0v) is 11.0. The molecule has 18 heavy (non-hydrogen) atoms. The van der Waals surface area contributed by atoms with Gasteiger partial charge in [-0.25, -0.2) is 0 Å². The molecule has 0 aliphatic rings. The number of aryl methyl sites for hydroxylation is 3. The van der Waals surface area contributed by atoms with Crippen LogP contribution in [0.15, 0.2) is 24.4 Å². The molecule has 0 amide bonds. The van der Waals surface area contributed by atoms with Crippen molar-refractivity contribution < 1.29 is 0 Å². The Labute approximate surface area is 107 Å². The summed E-state index contributed by atoms with van der Waals surface area (Å²) in [7, 11) is 1.95. The summed E-state index contributed by atoms with van der Waals surface area (Å²) in [5.74, 6) is 5.66. The molecule has 2 rings (SSSR count). The lowest BCUT2D eigenvalue weighted by molar-refractivity contribution is 0.516. The van der Waals surface area contributed by atoms with Gasteiger partial charge in [0.15, 0.2) is 0 Å². The second-order valence-electron chi connectivity index (χ2n) is 4.53. The number of nitrogens with two attached hydrogens (primary N) is 1. The molecule has 0 spiro atoms. The standard InChI is InChI=1S/C13H19N5/c1-9-5-4-6-15-13(9)12(16-14)8-11-7-10(2)17-18(11)3/h4-7,12,16H,8,14H2,1-3H3. The Morgan fingerprint density at radius 3 is 2.78 bits per heavy atom. The largest absolute Gasteiger partial charge is 0.272 e. The Kier molecular flexibility index (Phi) is 3.74. The molecule has 0 aliphatic carbocycles. The second kappa shape index (κ2) is 5.29. The van der Waals surface area contributed by atoms with Crippen molar-refractivity contribution in [1.29, 1.82) is 0 Å². The van der Waals surface area contributed by atoms with Gasteiger partial charge in [0.1, 0.15) is 0 Å². The summed E-state index contributed by atoms with van der Waals surface area (Å²) < 4.78 is 1.89. The fourth-order valence-corrected chi connectivity index (χ4v) is 2.16. The van der Waals surface area contributed by atoms with Crippen LogP contribution in [0.3, 0.4) is 0 Å². The first-order valence-corrected chi connectivity index (χ1v) is 5.99. The summed E-state index contributed by atoms with van der Waals surface area (Å²) in [5.41, 5.74) is 7.12. The van der Waals surface area contributed by atoms with Gasteiger partial charge >= 0.3 is 0 Å². The molecule has 96 valence electrons. The fraction of sp³-hybridized carbons (Fsp3) is 0.385. The predicted octanol–water partition coefficient (Wildman–Crippen LogP) is 1.18. The van der Waals surface area contributed by atoms with E-state index in [1.54, 1.807) is 6.20 Å². The molecule has 1 atom stereocenters. The molecule has 2 aromatic heterocycles. The van der Waals surface area contributed by atoms with E-state index in [1.165, 1.54) is 0 Å². The van der Waals surface area contributed by atoms with Crippen LogP contribution in [0.25, 0.3) is 0 Å². The van der Waals surface area contributed by atoms with Crippen LogP contribution in [0.1, 0.15) is 28.7 Å². The number of aromatic nitrogens is 3. The van der Waals surface area contributed by atoms with Gasteiger partial charge in [0.05, 0.1) is 17.4 Å². The van der Waals surface area contributed by atoms with Crippen molar-refractivity contribution in [2.75, 3.05) is 0 Å². The number of hydrogen-bond acceptors (Lipinski definition) is 4. The second-order valence-corrected chi connectivity index (χ2v) is 4.53. The lowest BCUT2D eigenvalue weighted by Crippen LogP contribution is -2.31. The van der Waals surface area contributed by atoms with Crippen LogP contribution in [0.2, 0.25) is 0 Å². The summed E-state index contributed by atoms with van der Waals surface area (Å²) >= 11 is 0. The number of pyridine rings is 1. The van der Waals surface area contributed by atoms with E-state index < -0.39 is 0 Å². The maximum absolute atomic E-state index is 5.66. The molecule has 0 saturated carbocycles. The minimum atomic E-state index is 0.000926. The van der Waals surface area contributed by atoms with Gasteiger partial charge in [-0.15, -0.1) is 0 Å². The van der Waals surface area contributed by atoms with E-state index in [-0.39, 0.29) is 6.04 Å². The average Bonchev–Trinajstić information content (AvgIpc) is 2.66.